The van der Waals surface area contributed by atoms with Gasteiger partial charge in [-0.25, -0.2) is 5.43 Å². The van der Waals surface area contributed by atoms with Crippen LogP contribution >= 0.6 is 0 Å². The van der Waals surface area contributed by atoms with Gasteiger partial charge >= 0.3 is 0 Å². The molecule has 0 radical (unpaired) electrons. The maximum absolute atomic E-state index is 12.0. The number of amides is 1. The summed E-state index contributed by atoms with van der Waals surface area (Å²) < 4.78 is 0. The molecule has 6 heteroatoms. The van der Waals surface area contributed by atoms with Gasteiger partial charge in [-0.15, -0.1) is 0 Å². The summed E-state index contributed by atoms with van der Waals surface area (Å²) in [5.74, 6) is -0.274. The number of carbonyl (C=O) groups excluding carboxylic acids is 1. The summed E-state index contributed by atoms with van der Waals surface area (Å²) in [6.07, 6.45) is 9.04. The van der Waals surface area contributed by atoms with Crippen molar-refractivity contribution in [2.45, 2.75) is 25.7 Å². The Hall–Kier alpha value is -2.50. The SMILES string of the molecule is O=C(N/N=C\c1cccnc1)c1n[nH]c2c1CCCC2. The molecule has 1 amide bonds. The molecule has 3 rings (SSSR count). The average molecular weight is 269 g/mol. The van der Waals surface area contributed by atoms with E-state index in [1.165, 1.54) is 0 Å². The third-order valence-corrected chi connectivity index (χ3v) is 3.34. The number of hydrazone groups is 1. The molecule has 6 nitrogen and oxygen atoms in total. The number of nitrogens with zero attached hydrogens (tertiary/aromatic N) is 3. The van der Waals surface area contributed by atoms with Gasteiger partial charge in [0.25, 0.3) is 5.91 Å². The normalized spacial score (nSPS) is 14.2. The van der Waals surface area contributed by atoms with Gasteiger partial charge in [0.05, 0.1) is 6.21 Å². The zero-order valence-electron chi connectivity index (χ0n) is 11.0. The van der Waals surface area contributed by atoms with Gasteiger partial charge in [-0.3, -0.25) is 14.9 Å². The number of rotatable bonds is 3. The molecule has 1 aliphatic rings. The van der Waals surface area contributed by atoms with Crippen LogP contribution in [0.15, 0.2) is 29.6 Å². The molecule has 2 aromatic rings. The summed E-state index contributed by atoms with van der Waals surface area (Å²) in [7, 11) is 0. The zero-order chi connectivity index (χ0) is 13.8. The summed E-state index contributed by atoms with van der Waals surface area (Å²) in [5.41, 5.74) is 5.91. The molecule has 2 aromatic heterocycles. The lowest BCUT2D eigenvalue weighted by Crippen LogP contribution is -2.20. The van der Waals surface area contributed by atoms with Crippen LogP contribution in [0.4, 0.5) is 0 Å². The van der Waals surface area contributed by atoms with Crippen molar-refractivity contribution in [1.29, 1.82) is 0 Å². The third-order valence-electron chi connectivity index (χ3n) is 3.34. The maximum atomic E-state index is 12.0. The zero-order valence-corrected chi connectivity index (χ0v) is 11.0. The molecule has 0 spiro atoms. The van der Waals surface area contributed by atoms with Crippen molar-refractivity contribution in [3.63, 3.8) is 0 Å². The molecule has 1 aliphatic carbocycles. The molecule has 20 heavy (non-hydrogen) atoms. The van der Waals surface area contributed by atoms with E-state index < -0.39 is 0 Å². The van der Waals surface area contributed by atoms with Crippen molar-refractivity contribution in [2.24, 2.45) is 5.10 Å². The molecule has 2 heterocycles. The van der Waals surface area contributed by atoms with Crippen LogP contribution in [0.1, 0.15) is 40.2 Å². The van der Waals surface area contributed by atoms with E-state index in [4.69, 9.17) is 0 Å². The summed E-state index contributed by atoms with van der Waals surface area (Å²) in [4.78, 5) is 16.0. The quantitative estimate of drug-likeness (QED) is 0.653. The number of aryl methyl sites for hydroxylation is 1. The van der Waals surface area contributed by atoms with Crippen molar-refractivity contribution in [3.8, 4) is 0 Å². The lowest BCUT2D eigenvalue weighted by Gasteiger charge is -2.10. The van der Waals surface area contributed by atoms with Crippen LogP contribution in [0.3, 0.4) is 0 Å². The van der Waals surface area contributed by atoms with Gasteiger partial charge in [-0.1, -0.05) is 6.07 Å². The number of hydrogen-bond donors (Lipinski definition) is 2. The number of H-pyrrole nitrogens is 1. The Morgan fingerprint density at radius 1 is 1.40 bits per heavy atom. The largest absolute Gasteiger partial charge is 0.292 e. The predicted molar refractivity (Wildman–Crippen MR) is 74.5 cm³/mol. The highest BCUT2D eigenvalue weighted by Crippen LogP contribution is 2.21. The maximum Gasteiger partial charge on any atom is 0.292 e. The van der Waals surface area contributed by atoms with Crippen LogP contribution in [0.5, 0.6) is 0 Å². The Bertz CT molecular complexity index is 632. The Morgan fingerprint density at radius 2 is 2.30 bits per heavy atom. The number of carbonyl (C=O) groups is 1. The molecule has 0 bridgehead atoms. The average Bonchev–Trinajstić information content (AvgIpc) is 2.92. The molecule has 0 fully saturated rings. The lowest BCUT2D eigenvalue weighted by atomic mass is 9.96. The van der Waals surface area contributed by atoms with E-state index in [1.807, 2.05) is 12.1 Å². The van der Waals surface area contributed by atoms with Crippen LogP contribution < -0.4 is 5.43 Å². The van der Waals surface area contributed by atoms with Gasteiger partial charge < -0.3 is 0 Å². The third kappa shape index (κ3) is 2.59. The monoisotopic (exact) mass is 269 g/mol. The number of hydrogen-bond acceptors (Lipinski definition) is 4. The highest BCUT2D eigenvalue weighted by Gasteiger charge is 2.21. The molecular formula is C14H15N5O. The fourth-order valence-electron chi connectivity index (χ4n) is 2.34. The standard InChI is InChI=1S/C14H15N5O/c20-14(19-16-9-10-4-3-7-15-8-10)13-11-5-1-2-6-12(11)17-18-13/h3-4,7-9H,1-2,5-6H2,(H,17,18)(H,19,20)/b16-9-. The first-order valence-corrected chi connectivity index (χ1v) is 6.64. The van der Waals surface area contributed by atoms with E-state index in [-0.39, 0.29) is 5.91 Å². The molecule has 0 atom stereocenters. The number of aromatic nitrogens is 3. The highest BCUT2D eigenvalue weighted by atomic mass is 16.2. The lowest BCUT2D eigenvalue weighted by molar-refractivity contribution is 0.0949. The van der Waals surface area contributed by atoms with E-state index in [2.05, 4.69) is 25.7 Å². The van der Waals surface area contributed by atoms with Gasteiger partial charge in [0.2, 0.25) is 0 Å². The molecule has 0 aromatic carbocycles. The second-order valence-electron chi connectivity index (χ2n) is 4.72. The summed E-state index contributed by atoms with van der Waals surface area (Å²) in [5, 5.41) is 11.0. The first kappa shape index (κ1) is 12.5. The minimum atomic E-state index is -0.274. The van der Waals surface area contributed by atoms with Crippen LogP contribution in [0, 0.1) is 0 Å². The smallest absolute Gasteiger partial charge is 0.281 e. The topological polar surface area (TPSA) is 83.0 Å². The van der Waals surface area contributed by atoms with Gasteiger partial charge in [0.15, 0.2) is 5.69 Å². The minimum Gasteiger partial charge on any atom is -0.281 e. The Kier molecular flexibility index (Phi) is 3.54. The molecule has 0 unspecified atom stereocenters. The van der Waals surface area contributed by atoms with E-state index in [1.54, 1.807) is 18.6 Å². The van der Waals surface area contributed by atoms with Crippen molar-refractivity contribution in [1.82, 2.24) is 20.6 Å². The summed E-state index contributed by atoms with van der Waals surface area (Å²) >= 11 is 0. The fraction of sp³-hybridized carbons (Fsp3) is 0.286. The second kappa shape index (κ2) is 5.64. The molecule has 0 saturated heterocycles. The van der Waals surface area contributed by atoms with Gasteiger partial charge in [-0.05, 0) is 31.7 Å². The van der Waals surface area contributed by atoms with E-state index in [0.717, 1.165) is 42.5 Å². The van der Waals surface area contributed by atoms with Gasteiger partial charge in [0.1, 0.15) is 0 Å². The van der Waals surface area contributed by atoms with E-state index in [9.17, 15) is 4.79 Å². The van der Waals surface area contributed by atoms with Crippen LogP contribution in [-0.2, 0) is 12.8 Å². The second-order valence-corrected chi connectivity index (χ2v) is 4.72. The van der Waals surface area contributed by atoms with Crippen molar-refractivity contribution in [2.75, 3.05) is 0 Å². The fourth-order valence-corrected chi connectivity index (χ4v) is 2.34. The van der Waals surface area contributed by atoms with E-state index in [0.29, 0.717) is 5.69 Å². The van der Waals surface area contributed by atoms with Crippen LogP contribution in [0.2, 0.25) is 0 Å². The van der Waals surface area contributed by atoms with Gasteiger partial charge in [0, 0.05) is 29.2 Å². The summed E-state index contributed by atoms with van der Waals surface area (Å²) in [6.45, 7) is 0. The number of aromatic amines is 1. The summed E-state index contributed by atoms with van der Waals surface area (Å²) in [6, 6.07) is 3.67. The Morgan fingerprint density at radius 3 is 3.15 bits per heavy atom. The molecule has 2 N–H and O–H groups in total. The van der Waals surface area contributed by atoms with Crippen molar-refractivity contribution >= 4 is 12.1 Å². The first-order chi connectivity index (χ1) is 9.84. The number of fused-ring (bicyclic) bond motifs is 1. The molecular weight excluding hydrogens is 254 g/mol. The Balaban J connectivity index is 1.68. The van der Waals surface area contributed by atoms with Crippen molar-refractivity contribution < 1.29 is 4.79 Å². The highest BCUT2D eigenvalue weighted by molar-refractivity contribution is 5.94. The Labute approximate surface area is 116 Å². The molecule has 102 valence electrons. The molecule has 0 aliphatic heterocycles. The minimum absolute atomic E-state index is 0.274. The van der Waals surface area contributed by atoms with E-state index >= 15 is 0 Å². The number of nitrogens with one attached hydrogen (secondary N) is 2. The number of pyridine rings is 1. The van der Waals surface area contributed by atoms with Crippen LogP contribution in [0.25, 0.3) is 0 Å². The first-order valence-electron chi connectivity index (χ1n) is 6.64. The van der Waals surface area contributed by atoms with Gasteiger partial charge in [-0.2, -0.15) is 10.2 Å². The molecule has 0 saturated carbocycles. The van der Waals surface area contributed by atoms with Crippen LogP contribution in [-0.4, -0.2) is 27.3 Å². The van der Waals surface area contributed by atoms with Crippen molar-refractivity contribution in [3.05, 3.63) is 47.0 Å². The predicted octanol–water partition coefficient (Wildman–Crippen LogP) is 1.45.